The Balaban J connectivity index is -0.000000839. The zero-order valence-corrected chi connectivity index (χ0v) is 95.9. The molecule has 1 aromatic rings. The van der Waals surface area contributed by atoms with Crippen LogP contribution in [0.3, 0.4) is 0 Å². The van der Waals surface area contributed by atoms with E-state index in [0.717, 1.165) is 13.7 Å². The zero-order valence-electron chi connectivity index (χ0n) is 84.2. The third-order valence-corrected chi connectivity index (χ3v) is 20.0. The number of carbonyl (C=O) groups excluding carboxylic acids is 15. The summed E-state index contributed by atoms with van der Waals surface area (Å²) >= 11 is 54.0. The lowest BCUT2D eigenvalue weighted by atomic mass is 9.88. The molecule has 0 amide bonds. The molecule has 812 valence electrons. The molecule has 0 aliphatic rings. The Labute approximate surface area is 896 Å². The molecule has 49 heteroatoms. The van der Waals surface area contributed by atoms with E-state index in [1.165, 1.54) is 0 Å². The lowest BCUT2D eigenvalue weighted by molar-refractivity contribution is -0.172. The van der Waals surface area contributed by atoms with Crippen LogP contribution in [-0.4, -0.2) is 271 Å². The van der Waals surface area contributed by atoms with Gasteiger partial charge in [0, 0.05) is 81.1 Å². The Morgan fingerprint density at radius 1 is 0.214 bits per heavy atom. The summed E-state index contributed by atoms with van der Waals surface area (Å²) in [6.07, 6.45) is 4.06. The van der Waals surface area contributed by atoms with Crippen molar-refractivity contribution in [2.45, 2.75) is 335 Å². The average Bonchev–Trinajstić information content (AvgIpc) is 0.782. The lowest BCUT2D eigenvalue weighted by Gasteiger charge is -2.32. The Morgan fingerprint density at radius 3 is 0.500 bits per heavy atom. The van der Waals surface area contributed by atoms with E-state index in [2.05, 4.69) is 164 Å². The molecule has 140 heavy (non-hydrogen) atoms. The highest BCUT2D eigenvalue weighted by molar-refractivity contribution is 7.83. The van der Waals surface area contributed by atoms with Gasteiger partial charge in [0.15, 0.2) is 0 Å². The number of rotatable bonds is 65. The van der Waals surface area contributed by atoms with E-state index in [4.69, 9.17) is 71.1 Å². The van der Waals surface area contributed by atoms with E-state index in [9.17, 15) is 86.3 Å². The summed E-state index contributed by atoms with van der Waals surface area (Å²) in [5.74, 6) is -6.43. The fourth-order valence-electron chi connectivity index (χ4n) is 10.5. The van der Waals surface area contributed by atoms with Gasteiger partial charge in [0.1, 0.15) is 91.3 Å². The van der Waals surface area contributed by atoms with E-state index in [1.807, 2.05) is 48.5 Å². The molecule has 0 aliphatic carbocycles. The first-order chi connectivity index (χ1) is 64.9. The van der Waals surface area contributed by atoms with Crippen LogP contribution in [0.2, 0.25) is 0 Å². The van der Waals surface area contributed by atoms with E-state index in [1.54, 1.807) is 83.1 Å². The van der Waals surface area contributed by atoms with E-state index >= 15 is 0 Å². The minimum Gasteiger partial charge on any atom is -0.466 e. The number of ether oxygens (including phenoxy) is 15. The zero-order chi connectivity index (χ0) is 108. The summed E-state index contributed by atoms with van der Waals surface area (Å²) in [6.45, 7) is 31.7. The van der Waals surface area contributed by atoms with Crippen molar-refractivity contribution < 1.29 is 143 Å². The predicted molar refractivity (Wildman–Crippen MR) is 575 cm³/mol. The van der Waals surface area contributed by atoms with Crippen molar-refractivity contribution in [3.05, 3.63) is 31.5 Å². The molecule has 13 atom stereocenters. The number of carbonyl (C=O) groups is 15. The number of nitrogens with zero attached hydrogens (tertiary/aromatic N) is 3. The highest BCUT2D eigenvalue weighted by atomic mass is 32.1. The van der Waals surface area contributed by atoms with Gasteiger partial charge in [-0.2, -0.15) is 164 Å². The monoisotopic (exact) mass is 2240 g/mol. The van der Waals surface area contributed by atoms with Crippen LogP contribution in [0.15, 0.2) is 14.4 Å². The second kappa shape index (κ2) is 80.1. The molecule has 13 unspecified atom stereocenters. The van der Waals surface area contributed by atoms with Crippen molar-refractivity contribution in [3.63, 3.8) is 0 Å². The smallest absolute Gasteiger partial charge is 0.336 e. The molecule has 0 aromatic carbocycles. The number of hydrogen-bond donors (Lipinski definition) is 13. The topological polar surface area (TPSA) is 460 Å². The van der Waals surface area contributed by atoms with Crippen molar-refractivity contribution in [2.24, 2.45) is 28.1 Å². The van der Waals surface area contributed by atoms with Gasteiger partial charge in [-0.15, -0.1) is 0 Å². The quantitative estimate of drug-likeness (QED) is 0.0125. The van der Waals surface area contributed by atoms with Crippen molar-refractivity contribution in [1.29, 1.82) is 0 Å². The van der Waals surface area contributed by atoms with E-state index < -0.39 is 111 Å². The Hall–Kier alpha value is -4.99. The summed E-state index contributed by atoms with van der Waals surface area (Å²) in [4.78, 5) is 216. The molecule has 1 rings (SSSR count). The van der Waals surface area contributed by atoms with Crippen LogP contribution >= 0.6 is 164 Å². The molecule has 0 bridgehead atoms. The lowest BCUT2D eigenvalue weighted by Crippen LogP contribution is -2.55. The van der Waals surface area contributed by atoms with Gasteiger partial charge in [-0.25, -0.2) is 28.1 Å². The molecule has 1 aromatic heterocycles. The SMILES string of the molecule is CC(C)CC(=O)OCCn1c(=O)n(CCOC(=O)CC(C)C)c(=O)n(CCOC(=O)CC(C)S)c1=O.CC(S)CC(=O)OCC(C)(COC(=O)CC(C)S)COC(=O)CC(C)S.CC(S)CC(=O)OCC(COC(=O)CC(C)S)(COC(=O)CC(C)S)COC(=O)CC(C)S.CC(S)CC(=O)OCCCCOC(=O)CC(C)S.CCC(COC(=O)CC(C)S)(COC(=O)CC(C)S)COC(=O)CC(C)S. The predicted octanol–water partition coefficient (Wildman–Crippen LogP) is 11.7. The summed E-state index contributed by atoms with van der Waals surface area (Å²) < 4.78 is 80.6. The van der Waals surface area contributed by atoms with Gasteiger partial charge in [0.2, 0.25) is 0 Å². The molecular weight excluding hydrogens is 2080 g/mol. The van der Waals surface area contributed by atoms with E-state index in [0.29, 0.717) is 45.3 Å². The number of unbranched alkanes of at least 4 members (excludes halogenated alkanes) is 1. The van der Waals surface area contributed by atoms with Gasteiger partial charge in [0.05, 0.1) is 127 Å². The van der Waals surface area contributed by atoms with Gasteiger partial charge < -0.3 is 71.1 Å². The fourth-order valence-corrected chi connectivity index (χ4v) is 12.4. The Morgan fingerprint density at radius 2 is 0.350 bits per heavy atom. The summed E-state index contributed by atoms with van der Waals surface area (Å²) in [6, 6.07) is 0. The minimum absolute atomic E-state index is 0.0154. The first kappa shape index (κ1) is 141. The van der Waals surface area contributed by atoms with Crippen LogP contribution in [0.4, 0.5) is 0 Å². The number of hydrogen-bond acceptors (Lipinski definition) is 46. The normalized spacial score (nSPS) is 15.0. The molecule has 36 nitrogen and oxygen atoms in total. The van der Waals surface area contributed by atoms with Gasteiger partial charge >= 0.3 is 107 Å². The number of aromatic nitrogens is 3. The molecule has 0 spiro atoms. The highest BCUT2D eigenvalue weighted by Crippen LogP contribution is 2.28. The summed E-state index contributed by atoms with van der Waals surface area (Å²) in [5.41, 5.74) is -5.74. The Kier molecular flexibility index (Phi) is 80.9. The molecule has 0 N–H and O–H groups in total. The average molecular weight is 2240 g/mol. The maximum atomic E-state index is 12.9. The van der Waals surface area contributed by atoms with Crippen LogP contribution in [-0.2, 0) is 163 Å². The molecule has 1 heterocycles. The second-order valence-corrected chi connectivity index (χ2v) is 47.2. The van der Waals surface area contributed by atoms with Crippen LogP contribution in [0, 0.1) is 28.1 Å². The number of thiol groups is 13. The molecule has 0 saturated heterocycles. The largest absolute Gasteiger partial charge is 0.466 e. The molecule has 0 saturated carbocycles. The first-order valence-corrected chi connectivity index (χ1v) is 52.8. The van der Waals surface area contributed by atoms with Gasteiger partial charge in [-0.05, 0) is 38.0 Å². The Bertz CT molecular complexity index is 3590. The summed E-state index contributed by atoms with van der Waals surface area (Å²) in [7, 11) is 0. The van der Waals surface area contributed by atoms with Crippen LogP contribution in [0.25, 0.3) is 0 Å². The van der Waals surface area contributed by atoms with Gasteiger partial charge in [0.25, 0.3) is 0 Å². The maximum absolute atomic E-state index is 12.9. The van der Waals surface area contributed by atoms with Crippen LogP contribution in [0.5, 0.6) is 0 Å². The fraction of sp³-hybridized carbons (Fsp3) is 0.802. The summed E-state index contributed by atoms with van der Waals surface area (Å²) in [5, 5.41) is -1.88. The van der Waals surface area contributed by atoms with Crippen molar-refractivity contribution in [1.82, 2.24) is 13.7 Å². The highest BCUT2D eigenvalue weighted by Gasteiger charge is 2.40. The van der Waals surface area contributed by atoms with E-state index in [-0.39, 0.29) is 281 Å². The maximum Gasteiger partial charge on any atom is 0.336 e. The third-order valence-electron chi connectivity index (χ3n) is 17.6. The third kappa shape index (κ3) is 81.1. The van der Waals surface area contributed by atoms with Crippen LogP contribution in [0.1, 0.15) is 247 Å². The number of esters is 15. The first-order valence-electron chi connectivity index (χ1n) is 46.1. The van der Waals surface area contributed by atoms with Crippen molar-refractivity contribution in [3.8, 4) is 0 Å². The van der Waals surface area contributed by atoms with Crippen molar-refractivity contribution >= 4 is 254 Å². The second-order valence-electron chi connectivity index (χ2n) is 35.8. The molecular formula is C91H157N3O33S13. The van der Waals surface area contributed by atoms with Crippen LogP contribution < -0.4 is 17.1 Å². The van der Waals surface area contributed by atoms with Crippen molar-refractivity contribution in [2.75, 3.05) is 99.1 Å². The van der Waals surface area contributed by atoms with Gasteiger partial charge in [-0.3, -0.25) is 71.9 Å². The van der Waals surface area contributed by atoms with Gasteiger partial charge in [-0.1, -0.05) is 125 Å². The molecule has 0 fully saturated rings. The minimum atomic E-state index is -1.30. The molecule has 0 aliphatic heterocycles. The molecule has 0 radical (unpaired) electrons. The standard InChI is InChI=1S/C23H37N3O9S.C21H36O8S4.C18H32O6S3.C17H30O6S3.C12H22O4S2/c1-15(2)12-18(27)33-9-6-24-21(30)25(7-10-34-19(28)13-16(3)4)23(32)26(22(24)31)8-11-35-20(29)14-17(5)36;1-13(30)5-17(22)26-9-21(10-27-18(23)6-14(2)31,11-28-19(24)7-15(3)32)12-29-20(25)8-16(4)33;1-5-18(9-22-15(19)6-12(2)25,10-23-16(20)7-13(3)26)11-24-17(21)8-14(4)27;1-11(24)5-14(18)21-8-17(4,9-22-15(19)6-12(2)25)10-23-16(20)7-13(3)26;1-9(17)7-11(13)15-5-3-4-6-16-12(14)8-10(2)18/h15-17,36H,6-14H2,1-5H3;13-16,30-33H,5-12H2,1-4H3;12-14,25-27H,5-11H2,1-4H3;11-13,24-26H,5-10H2,1-4H3;9-10,17-18H,3-8H2,1-2H3.